The number of Topliss-reactive ketones (excluding diaryl/α,β-unsaturated/α-hetero) is 1. The highest BCUT2D eigenvalue weighted by Gasteiger charge is 2.30. The van der Waals surface area contributed by atoms with E-state index >= 15 is 0 Å². The van der Waals surface area contributed by atoms with Gasteiger partial charge in [-0.05, 0) is 30.4 Å². The topological polar surface area (TPSA) is 71.6 Å². The third-order valence-electron chi connectivity index (χ3n) is 4.38. The van der Waals surface area contributed by atoms with Gasteiger partial charge in [0.1, 0.15) is 5.82 Å². The van der Waals surface area contributed by atoms with Gasteiger partial charge in [0, 0.05) is 17.8 Å². The van der Waals surface area contributed by atoms with E-state index in [-0.39, 0.29) is 11.2 Å². The number of nitriles is 1. The Hall–Kier alpha value is -2.00. The molecule has 1 aliphatic heterocycles. The SMILES string of the molecule is CC(C)(C)c1ccc(C(=O)C(C#N)c2nnc3n2CCCCC3)s1. The number of hydrogen-bond donors (Lipinski definition) is 0. The number of aromatic nitrogens is 3. The molecule has 6 heteroatoms. The van der Waals surface area contributed by atoms with Crippen molar-refractivity contribution in [2.24, 2.45) is 0 Å². The van der Waals surface area contributed by atoms with Crippen LogP contribution in [0, 0.1) is 11.3 Å². The molecule has 0 fully saturated rings. The van der Waals surface area contributed by atoms with Gasteiger partial charge in [0.25, 0.3) is 0 Å². The first kappa shape index (κ1) is 16.8. The monoisotopic (exact) mass is 342 g/mol. The molecule has 2 aromatic rings. The van der Waals surface area contributed by atoms with Crippen LogP contribution in [-0.2, 0) is 18.4 Å². The van der Waals surface area contributed by atoms with Crippen molar-refractivity contribution in [3.05, 3.63) is 33.5 Å². The van der Waals surface area contributed by atoms with Gasteiger partial charge in [0.05, 0.1) is 10.9 Å². The zero-order chi connectivity index (χ0) is 17.3. The largest absolute Gasteiger partial charge is 0.313 e. The number of rotatable bonds is 3. The summed E-state index contributed by atoms with van der Waals surface area (Å²) in [6, 6.07) is 5.97. The zero-order valence-corrected chi connectivity index (χ0v) is 15.2. The van der Waals surface area contributed by atoms with Gasteiger partial charge in [0.15, 0.2) is 17.5 Å². The molecule has 5 nitrogen and oxygen atoms in total. The van der Waals surface area contributed by atoms with Crippen LogP contribution >= 0.6 is 11.3 Å². The molecule has 0 bridgehead atoms. The molecule has 24 heavy (non-hydrogen) atoms. The number of fused-ring (bicyclic) bond motifs is 1. The molecule has 126 valence electrons. The summed E-state index contributed by atoms with van der Waals surface area (Å²) in [5.41, 5.74) is -0.00270. The third kappa shape index (κ3) is 3.13. The van der Waals surface area contributed by atoms with Crippen molar-refractivity contribution in [1.82, 2.24) is 14.8 Å². The van der Waals surface area contributed by atoms with Gasteiger partial charge in [-0.25, -0.2) is 0 Å². The second-order valence-corrected chi connectivity index (χ2v) is 8.36. The maximum atomic E-state index is 12.9. The first-order chi connectivity index (χ1) is 11.4. The minimum absolute atomic E-state index is 0.00270. The maximum absolute atomic E-state index is 12.9. The smallest absolute Gasteiger partial charge is 0.197 e. The molecule has 0 aromatic carbocycles. The Morgan fingerprint density at radius 1 is 1.29 bits per heavy atom. The molecule has 1 aliphatic rings. The fourth-order valence-corrected chi connectivity index (χ4v) is 4.00. The molecular weight excluding hydrogens is 320 g/mol. The van der Waals surface area contributed by atoms with E-state index in [9.17, 15) is 10.1 Å². The van der Waals surface area contributed by atoms with Crippen molar-refractivity contribution in [2.45, 2.75) is 64.3 Å². The van der Waals surface area contributed by atoms with Crippen LogP contribution in [0.5, 0.6) is 0 Å². The van der Waals surface area contributed by atoms with Crippen molar-refractivity contribution >= 4 is 17.1 Å². The van der Waals surface area contributed by atoms with Gasteiger partial charge in [-0.3, -0.25) is 4.79 Å². The van der Waals surface area contributed by atoms with Crippen molar-refractivity contribution in [2.75, 3.05) is 0 Å². The van der Waals surface area contributed by atoms with Gasteiger partial charge in [0.2, 0.25) is 0 Å². The molecule has 0 radical (unpaired) electrons. The Labute approximate surface area is 146 Å². The van der Waals surface area contributed by atoms with Gasteiger partial charge in [-0.2, -0.15) is 5.26 Å². The summed E-state index contributed by atoms with van der Waals surface area (Å²) in [7, 11) is 0. The summed E-state index contributed by atoms with van der Waals surface area (Å²) in [4.78, 5) is 14.7. The molecule has 2 aromatic heterocycles. The number of carbonyl (C=O) groups is 1. The van der Waals surface area contributed by atoms with E-state index in [4.69, 9.17) is 0 Å². The summed E-state index contributed by atoms with van der Waals surface area (Å²) in [6.07, 6.45) is 4.14. The summed E-state index contributed by atoms with van der Waals surface area (Å²) in [5, 5.41) is 18.0. The molecule has 3 rings (SSSR count). The van der Waals surface area contributed by atoms with E-state index in [1.54, 1.807) is 0 Å². The second-order valence-electron chi connectivity index (χ2n) is 7.28. The lowest BCUT2D eigenvalue weighted by molar-refractivity contribution is 0.0978. The quantitative estimate of drug-likeness (QED) is 0.794. The van der Waals surface area contributed by atoms with Crippen molar-refractivity contribution in [1.29, 1.82) is 5.26 Å². The van der Waals surface area contributed by atoms with Crippen LogP contribution in [0.3, 0.4) is 0 Å². The molecule has 0 amide bonds. The highest BCUT2D eigenvalue weighted by molar-refractivity contribution is 7.14. The minimum atomic E-state index is -0.879. The molecule has 0 aliphatic carbocycles. The summed E-state index contributed by atoms with van der Waals surface area (Å²) in [5.74, 6) is 0.357. The van der Waals surface area contributed by atoms with Crippen molar-refractivity contribution in [3.8, 4) is 6.07 Å². The zero-order valence-electron chi connectivity index (χ0n) is 14.4. The van der Waals surface area contributed by atoms with E-state index in [1.165, 1.54) is 11.3 Å². The predicted molar refractivity (Wildman–Crippen MR) is 93.3 cm³/mol. The fraction of sp³-hybridized carbons (Fsp3) is 0.556. The minimum Gasteiger partial charge on any atom is -0.313 e. The van der Waals surface area contributed by atoms with E-state index in [0.29, 0.717) is 10.7 Å². The first-order valence-electron chi connectivity index (χ1n) is 8.38. The van der Waals surface area contributed by atoms with E-state index in [1.807, 2.05) is 16.7 Å². The Kier molecular flexibility index (Phi) is 4.55. The number of nitrogens with zero attached hydrogens (tertiary/aromatic N) is 4. The van der Waals surface area contributed by atoms with E-state index < -0.39 is 5.92 Å². The average molecular weight is 342 g/mol. The lowest BCUT2D eigenvalue weighted by Crippen LogP contribution is -2.17. The molecule has 0 N–H and O–H groups in total. The molecular formula is C18H22N4OS. The maximum Gasteiger partial charge on any atom is 0.197 e. The molecule has 0 spiro atoms. The van der Waals surface area contributed by atoms with E-state index in [2.05, 4.69) is 37.0 Å². The standard InChI is InChI=1S/C18H22N4OS/c1-18(2,3)14-9-8-13(24-14)16(23)12(11-19)17-21-20-15-7-5-4-6-10-22(15)17/h8-9,12H,4-7,10H2,1-3H3. The van der Waals surface area contributed by atoms with Crippen molar-refractivity contribution in [3.63, 3.8) is 0 Å². The third-order valence-corrected chi connectivity index (χ3v) is 5.90. The molecule has 3 heterocycles. The summed E-state index contributed by atoms with van der Waals surface area (Å²) < 4.78 is 1.98. The summed E-state index contributed by atoms with van der Waals surface area (Å²) in [6.45, 7) is 7.15. The highest BCUT2D eigenvalue weighted by atomic mass is 32.1. The van der Waals surface area contributed by atoms with Gasteiger partial charge in [-0.1, -0.05) is 27.2 Å². The number of hydrogen-bond acceptors (Lipinski definition) is 5. The lowest BCUT2D eigenvalue weighted by Gasteiger charge is -2.15. The van der Waals surface area contributed by atoms with Crippen LogP contribution in [0.4, 0.5) is 0 Å². The van der Waals surface area contributed by atoms with Crippen LogP contribution in [0.2, 0.25) is 0 Å². The predicted octanol–water partition coefficient (Wildman–Crippen LogP) is 3.85. The van der Waals surface area contributed by atoms with Crippen LogP contribution in [0.15, 0.2) is 12.1 Å². The van der Waals surface area contributed by atoms with E-state index in [0.717, 1.165) is 42.9 Å². The van der Waals surface area contributed by atoms with Gasteiger partial charge in [-0.15, -0.1) is 21.5 Å². The first-order valence-corrected chi connectivity index (χ1v) is 9.19. The Bertz CT molecular complexity index is 791. The normalized spacial score (nSPS) is 16.1. The number of carbonyl (C=O) groups excluding carboxylic acids is 1. The number of aryl methyl sites for hydroxylation is 1. The lowest BCUT2D eigenvalue weighted by atomic mass is 9.95. The van der Waals surface area contributed by atoms with Crippen LogP contribution in [0.1, 0.15) is 72.1 Å². The molecule has 0 saturated heterocycles. The summed E-state index contributed by atoms with van der Waals surface area (Å²) >= 11 is 1.47. The Morgan fingerprint density at radius 2 is 2.08 bits per heavy atom. The molecule has 0 saturated carbocycles. The van der Waals surface area contributed by atoms with Gasteiger partial charge >= 0.3 is 0 Å². The van der Waals surface area contributed by atoms with Crippen LogP contribution < -0.4 is 0 Å². The molecule has 1 unspecified atom stereocenters. The fourth-order valence-electron chi connectivity index (χ4n) is 2.97. The Balaban J connectivity index is 1.92. The Morgan fingerprint density at radius 3 is 2.75 bits per heavy atom. The van der Waals surface area contributed by atoms with Gasteiger partial charge < -0.3 is 4.57 Å². The average Bonchev–Trinajstić information content (AvgIpc) is 3.11. The molecule has 1 atom stereocenters. The number of thiophene rings is 1. The number of ketones is 1. The van der Waals surface area contributed by atoms with Crippen LogP contribution in [-0.4, -0.2) is 20.5 Å². The van der Waals surface area contributed by atoms with Crippen LogP contribution in [0.25, 0.3) is 0 Å². The van der Waals surface area contributed by atoms with Crippen molar-refractivity contribution < 1.29 is 4.79 Å². The highest BCUT2D eigenvalue weighted by Crippen LogP contribution is 2.32. The second kappa shape index (κ2) is 6.48.